The zero-order chi connectivity index (χ0) is 13.1. The lowest BCUT2D eigenvalue weighted by atomic mass is 10.2. The Balaban J connectivity index is 2.17. The van der Waals surface area contributed by atoms with Crippen molar-refractivity contribution in [2.24, 2.45) is 0 Å². The summed E-state index contributed by atoms with van der Waals surface area (Å²) in [5.74, 6) is -2.22. The molecule has 0 aliphatic carbocycles. The first-order valence-electron chi connectivity index (χ1n) is 5.00. The van der Waals surface area contributed by atoms with Gasteiger partial charge in [0.2, 0.25) is 5.76 Å². The molecule has 0 fully saturated rings. The van der Waals surface area contributed by atoms with E-state index in [1.54, 1.807) is 12.3 Å². The van der Waals surface area contributed by atoms with E-state index in [0.717, 1.165) is 11.6 Å². The Hall–Kier alpha value is -2.70. The summed E-state index contributed by atoms with van der Waals surface area (Å²) in [5.41, 5.74) is 1.26. The first-order chi connectivity index (χ1) is 8.58. The molecular formula is C11H9N3O4. The highest BCUT2D eigenvalue weighted by molar-refractivity contribution is 6.04. The molecule has 0 atom stereocenters. The summed E-state index contributed by atoms with van der Waals surface area (Å²) < 4.78 is 4.49. The number of nitrogens with one attached hydrogen (secondary N) is 1. The standard InChI is InChI=1S/C11H9N3O4/c1-6-2-3-12-5-8(6)13-10(15)7-4-9(11(16)17)18-14-7/h2-5H,1H3,(H,13,15)(H,16,17). The largest absolute Gasteiger partial charge is 0.475 e. The van der Waals surface area contributed by atoms with Gasteiger partial charge in [-0.25, -0.2) is 4.79 Å². The number of nitrogens with zero attached hydrogens (tertiary/aromatic N) is 2. The number of hydrogen-bond acceptors (Lipinski definition) is 5. The predicted octanol–water partition coefficient (Wildman–Crippen LogP) is 1.33. The van der Waals surface area contributed by atoms with Crippen LogP contribution >= 0.6 is 0 Å². The van der Waals surface area contributed by atoms with Gasteiger partial charge < -0.3 is 14.9 Å². The van der Waals surface area contributed by atoms with Crippen LogP contribution in [0.2, 0.25) is 0 Å². The third-order valence-electron chi connectivity index (χ3n) is 2.24. The molecule has 7 heteroatoms. The molecule has 0 saturated heterocycles. The van der Waals surface area contributed by atoms with Crippen LogP contribution in [-0.2, 0) is 0 Å². The summed E-state index contributed by atoms with van der Waals surface area (Å²) in [6.07, 6.45) is 3.09. The second kappa shape index (κ2) is 4.66. The van der Waals surface area contributed by atoms with Gasteiger partial charge in [-0.05, 0) is 18.6 Å². The SMILES string of the molecule is Cc1ccncc1NC(=O)c1cc(C(=O)O)on1. The lowest BCUT2D eigenvalue weighted by Gasteiger charge is -2.04. The third-order valence-corrected chi connectivity index (χ3v) is 2.24. The Morgan fingerprint density at radius 2 is 2.22 bits per heavy atom. The van der Waals surface area contributed by atoms with Crippen LogP contribution in [0.4, 0.5) is 5.69 Å². The van der Waals surface area contributed by atoms with Crippen molar-refractivity contribution in [1.82, 2.24) is 10.1 Å². The predicted molar refractivity (Wildman–Crippen MR) is 60.4 cm³/mol. The zero-order valence-electron chi connectivity index (χ0n) is 9.38. The molecule has 2 N–H and O–H groups in total. The van der Waals surface area contributed by atoms with Crippen molar-refractivity contribution in [3.63, 3.8) is 0 Å². The normalized spacial score (nSPS) is 10.1. The molecule has 0 saturated carbocycles. The highest BCUT2D eigenvalue weighted by Gasteiger charge is 2.17. The molecule has 0 radical (unpaired) electrons. The number of carboxylic acid groups (broad SMARTS) is 1. The van der Waals surface area contributed by atoms with Gasteiger partial charge in [0.15, 0.2) is 5.69 Å². The molecule has 18 heavy (non-hydrogen) atoms. The molecule has 0 aliphatic rings. The van der Waals surface area contributed by atoms with E-state index < -0.39 is 11.9 Å². The number of rotatable bonds is 3. The lowest BCUT2D eigenvalue weighted by Crippen LogP contribution is -2.13. The molecule has 0 spiro atoms. The summed E-state index contributed by atoms with van der Waals surface area (Å²) >= 11 is 0. The van der Waals surface area contributed by atoms with Crippen molar-refractivity contribution in [2.45, 2.75) is 6.92 Å². The van der Waals surface area contributed by atoms with E-state index in [2.05, 4.69) is 20.0 Å². The maximum Gasteiger partial charge on any atom is 0.374 e. The molecule has 1 amide bonds. The topological polar surface area (TPSA) is 105 Å². The number of aromatic carboxylic acids is 1. The monoisotopic (exact) mass is 247 g/mol. The van der Waals surface area contributed by atoms with Crippen LogP contribution in [-0.4, -0.2) is 27.1 Å². The van der Waals surface area contributed by atoms with Crippen molar-refractivity contribution >= 4 is 17.6 Å². The Bertz CT molecular complexity index is 606. The first kappa shape index (κ1) is 11.8. The minimum absolute atomic E-state index is 0.101. The Morgan fingerprint density at radius 3 is 2.83 bits per heavy atom. The molecule has 2 aromatic rings. The number of carbonyl (C=O) groups is 2. The summed E-state index contributed by atoms with van der Waals surface area (Å²) in [4.78, 5) is 26.2. The quantitative estimate of drug-likeness (QED) is 0.847. The molecule has 2 rings (SSSR count). The maximum absolute atomic E-state index is 11.7. The highest BCUT2D eigenvalue weighted by Crippen LogP contribution is 2.13. The highest BCUT2D eigenvalue weighted by atomic mass is 16.5. The molecular weight excluding hydrogens is 238 g/mol. The van der Waals surface area contributed by atoms with Gasteiger partial charge in [-0.2, -0.15) is 0 Å². The number of anilines is 1. The fourth-order valence-electron chi connectivity index (χ4n) is 1.26. The van der Waals surface area contributed by atoms with Gasteiger partial charge in [0.1, 0.15) is 0 Å². The molecule has 7 nitrogen and oxygen atoms in total. The first-order valence-corrected chi connectivity index (χ1v) is 5.00. The van der Waals surface area contributed by atoms with Gasteiger partial charge in [0.25, 0.3) is 5.91 Å². The van der Waals surface area contributed by atoms with Gasteiger partial charge in [-0.15, -0.1) is 0 Å². The smallest absolute Gasteiger partial charge is 0.374 e. The van der Waals surface area contributed by atoms with Gasteiger partial charge in [0, 0.05) is 12.3 Å². The lowest BCUT2D eigenvalue weighted by molar-refractivity contribution is 0.0651. The van der Waals surface area contributed by atoms with Crippen molar-refractivity contribution in [1.29, 1.82) is 0 Å². The Morgan fingerprint density at radius 1 is 1.44 bits per heavy atom. The molecule has 0 aromatic carbocycles. The molecule has 2 heterocycles. The summed E-state index contributed by atoms with van der Waals surface area (Å²) in [5, 5.41) is 14.6. The van der Waals surface area contributed by atoms with E-state index in [1.165, 1.54) is 6.20 Å². The average molecular weight is 247 g/mol. The Labute approximate surface area is 101 Å². The molecule has 0 bridgehead atoms. The second-order valence-corrected chi connectivity index (χ2v) is 3.53. The average Bonchev–Trinajstić information content (AvgIpc) is 2.81. The molecule has 0 unspecified atom stereocenters. The van der Waals surface area contributed by atoms with E-state index in [-0.39, 0.29) is 11.5 Å². The van der Waals surface area contributed by atoms with E-state index in [0.29, 0.717) is 5.69 Å². The van der Waals surface area contributed by atoms with Gasteiger partial charge in [0.05, 0.1) is 11.9 Å². The van der Waals surface area contributed by atoms with Crippen molar-refractivity contribution in [3.05, 3.63) is 41.5 Å². The number of carboxylic acids is 1. The number of hydrogen-bond donors (Lipinski definition) is 2. The van der Waals surface area contributed by atoms with Crippen LogP contribution in [0.25, 0.3) is 0 Å². The summed E-state index contributed by atoms with van der Waals surface area (Å²) in [6.45, 7) is 1.81. The Kier molecular flexibility index (Phi) is 3.05. The van der Waals surface area contributed by atoms with E-state index in [4.69, 9.17) is 5.11 Å². The number of amides is 1. The molecule has 92 valence electrons. The van der Waals surface area contributed by atoms with Gasteiger partial charge in [-0.1, -0.05) is 5.16 Å². The third kappa shape index (κ3) is 2.34. The zero-order valence-corrected chi connectivity index (χ0v) is 9.38. The summed E-state index contributed by atoms with van der Waals surface area (Å²) in [6, 6.07) is 2.80. The fraction of sp³-hybridized carbons (Fsp3) is 0.0909. The van der Waals surface area contributed by atoms with Crippen LogP contribution in [0.3, 0.4) is 0 Å². The van der Waals surface area contributed by atoms with Crippen molar-refractivity contribution in [2.75, 3.05) is 5.32 Å². The van der Waals surface area contributed by atoms with Crippen LogP contribution in [0.1, 0.15) is 26.6 Å². The minimum atomic E-state index is -1.28. The summed E-state index contributed by atoms with van der Waals surface area (Å²) in [7, 11) is 0. The second-order valence-electron chi connectivity index (χ2n) is 3.53. The minimum Gasteiger partial charge on any atom is -0.475 e. The van der Waals surface area contributed by atoms with Crippen LogP contribution in [0.5, 0.6) is 0 Å². The van der Waals surface area contributed by atoms with Crippen molar-refractivity contribution < 1.29 is 19.2 Å². The van der Waals surface area contributed by atoms with Crippen molar-refractivity contribution in [3.8, 4) is 0 Å². The van der Waals surface area contributed by atoms with Crippen LogP contribution in [0, 0.1) is 6.92 Å². The van der Waals surface area contributed by atoms with Gasteiger partial charge in [-0.3, -0.25) is 9.78 Å². The van der Waals surface area contributed by atoms with E-state index in [9.17, 15) is 9.59 Å². The van der Waals surface area contributed by atoms with E-state index in [1.807, 2.05) is 6.92 Å². The maximum atomic E-state index is 11.7. The van der Waals surface area contributed by atoms with E-state index >= 15 is 0 Å². The molecule has 2 aromatic heterocycles. The van der Waals surface area contributed by atoms with Gasteiger partial charge >= 0.3 is 5.97 Å². The number of aryl methyl sites for hydroxylation is 1. The fourth-order valence-corrected chi connectivity index (χ4v) is 1.26. The number of aromatic nitrogens is 2. The van der Waals surface area contributed by atoms with Crippen LogP contribution < -0.4 is 5.32 Å². The number of pyridine rings is 1. The molecule has 0 aliphatic heterocycles. The number of carbonyl (C=O) groups excluding carboxylic acids is 1. The van der Waals surface area contributed by atoms with Crippen LogP contribution in [0.15, 0.2) is 29.0 Å².